The fraction of sp³-hybridized carbons (Fsp3) is 0.270. The molecule has 2 aromatic carbocycles. The van der Waals surface area contributed by atoms with E-state index in [1.165, 1.54) is 83.8 Å². The quantitative estimate of drug-likeness (QED) is 0.0945. The molecular formula is C37H40N4O10. The predicted molar refractivity (Wildman–Crippen MR) is 188 cm³/mol. The number of aliphatic hydroxyl groups is 1. The molecule has 3 N–H and O–H groups in total. The number of carbonyl (C=O) groups excluding carboxylic acids is 5. The highest BCUT2D eigenvalue weighted by molar-refractivity contribution is 6.37. The van der Waals surface area contributed by atoms with Crippen LogP contribution in [0.5, 0.6) is 0 Å². The van der Waals surface area contributed by atoms with E-state index < -0.39 is 47.5 Å². The normalized spacial score (nSPS) is 14.7. The Morgan fingerprint density at radius 3 is 1.86 bits per heavy atom. The molecule has 14 nitrogen and oxygen atoms in total. The van der Waals surface area contributed by atoms with Crippen LogP contribution in [0.25, 0.3) is 0 Å². The minimum absolute atomic E-state index is 0.0406. The van der Waals surface area contributed by atoms with E-state index in [0.717, 1.165) is 28.0 Å². The molecule has 1 aliphatic rings. The zero-order valence-corrected chi connectivity index (χ0v) is 28.7. The Morgan fingerprint density at radius 1 is 0.765 bits per heavy atom. The van der Waals surface area contributed by atoms with Gasteiger partial charge in [-0.25, -0.2) is 24.2 Å². The fourth-order valence-electron chi connectivity index (χ4n) is 4.92. The highest BCUT2D eigenvalue weighted by Gasteiger charge is 2.42. The zero-order valence-electron chi connectivity index (χ0n) is 28.7. The van der Waals surface area contributed by atoms with Gasteiger partial charge >= 0.3 is 18.0 Å². The molecule has 0 unspecified atom stereocenters. The summed E-state index contributed by atoms with van der Waals surface area (Å²) in [6.45, 7) is 5.39. The van der Waals surface area contributed by atoms with Gasteiger partial charge in [0, 0.05) is 27.1 Å². The van der Waals surface area contributed by atoms with E-state index in [9.17, 15) is 48.9 Å². The van der Waals surface area contributed by atoms with Gasteiger partial charge in [0.2, 0.25) is 5.91 Å². The number of benzene rings is 2. The monoisotopic (exact) mass is 700 g/mol. The van der Waals surface area contributed by atoms with Crippen molar-refractivity contribution in [2.45, 2.75) is 46.5 Å². The summed E-state index contributed by atoms with van der Waals surface area (Å²) in [5.41, 5.74) is -0.593. The van der Waals surface area contributed by atoms with Gasteiger partial charge < -0.3 is 20.2 Å². The third-order valence-corrected chi connectivity index (χ3v) is 7.76. The fourth-order valence-corrected chi connectivity index (χ4v) is 4.92. The lowest BCUT2D eigenvalue weighted by atomic mass is 10.1. The molecule has 1 heterocycles. The molecule has 1 saturated heterocycles. The number of unbranched alkanes of at least 4 members (excludes halogenated alkanes) is 2. The summed E-state index contributed by atoms with van der Waals surface area (Å²) < 4.78 is 0. The Morgan fingerprint density at radius 2 is 1.33 bits per heavy atom. The van der Waals surface area contributed by atoms with Gasteiger partial charge in [0.05, 0.1) is 22.5 Å². The van der Waals surface area contributed by atoms with Crippen molar-refractivity contribution < 1.29 is 48.9 Å². The third-order valence-electron chi connectivity index (χ3n) is 7.76. The van der Waals surface area contributed by atoms with Gasteiger partial charge in [-0.2, -0.15) is 0 Å². The van der Waals surface area contributed by atoms with Gasteiger partial charge in [0.25, 0.3) is 17.7 Å². The number of rotatable bonds is 15. The summed E-state index contributed by atoms with van der Waals surface area (Å²) in [7, 11) is 1.57. The van der Waals surface area contributed by atoms with E-state index in [0.29, 0.717) is 25.8 Å². The van der Waals surface area contributed by atoms with Crippen LogP contribution < -0.4 is 9.80 Å². The van der Waals surface area contributed by atoms with Crippen molar-refractivity contribution in [3.8, 4) is 0 Å². The number of imide groups is 3. The topological polar surface area (TPSA) is 193 Å². The lowest BCUT2D eigenvalue weighted by Gasteiger charge is -2.33. The maximum atomic E-state index is 13.8. The molecule has 14 heteroatoms. The first-order valence-corrected chi connectivity index (χ1v) is 16.2. The summed E-state index contributed by atoms with van der Waals surface area (Å²) in [5, 5.41) is 29.6. The Bertz CT molecular complexity index is 1810. The van der Waals surface area contributed by atoms with Gasteiger partial charge in [-0.05, 0) is 73.5 Å². The average Bonchev–Trinajstić information content (AvgIpc) is 3.10. The molecule has 0 aromatic heterocycles. The number of aliphatic hydroxyl groups excluding tert-OH is 1. The molecule has 1 fully saturated rings. The molecule has 268 valence electrons. The highest BCUT2D eigenvalue weighted by atomic mass is 16.4. The summed E-state index contributed by atoms with van der Waals surface area (Å²) in [6, 6.07) is 9.26. The molecule has 1 aliphatic heterocycles. The lowest BCUT2D eigenvalue weighted by Crippen LogP contribution is -2.56. The van der Waals surface area contributed by atoms with Crippen molar-refractivity contribution in [1.82, 2.24) is 9.80 Å². The van der Waals surface area contributed by atoms with Crippen LogP contribution in [-0.4, -0.2) is 86.9 Å². The number of anilines is 2. The van der Waals surface area contributed by atoms with Gasteiger partial charge in [0.15, 0.2) is 5.88 Å². The van der Waals surface area contributed by atoms with Crippen LogP contribution in [0.2, 0.25) is 0 Å². The first-order valence-electron chi connectivity index (χ1n) is 16.2. The Hall–Kier alpha value is -6.31. The van der Waals surface area contributed by atoms with Crippen LogP contribution in [-0.2, 0) is 19.2 Å². The summed E-state index contributed by atoms with van der Waals surface area (Å²) in [5.74, 6) is -6.16. The molecule has 6 amide bonds. The number of allylic oxidation sites excluding steroid dienone is 4. The number of barbiturate groups is 1. The van der Waals surface area contributed by atoms with Gasteiger partial charge in [-0.3, -0.25) is 24.1 Å². The Balaban J connectivity index is 2.01. The first-order chi connectivity index (χ1) is 24.2. The third kappa shape index (κ3) is 9.44. The molecule has 3 rings (SSSR count). The van der Waals surface area contributed by atoms with Crippen molar-refractivity contribution in [3.05, 3.63) is 107 Å². The zero-order chi connectivity index (χ0) is 37.8. The summed E-state index contributed by atoms with van der Waals surface area (Å²) >= 11 is 0. The van der Waals surface area contributed by atoms with Gasteiger partial charge in [-0.1, -0.05) is 44.9 Å². The number of urea groups is 1. The van der Waals surface area contributed by atoms with E-state index in [-0.39, 0.29) is 40.2 Å². The number of carboxylic acid groups (broad SMARTS) is 2. The lowest BCUT2D eigenvalue weighted by molar-refractivity contribution is -0.129. The second kappa shape index (κ2) is 17.9. The largest absolute Gasteiger partial charge is 0.494 e. The molecule has 2 aromatic rings. The minimum atomic E-state index is -1.19. The SMILES string of the molecule is CCCCN1C(=O)\C(=C/C=C/C=C/C(C(=O)N(C(C)=O)c2ccc(C(=O)O)cc2)=C(\O)N(C)CCCC)C(=O)N(c2ccc(C(=O)O)cc2)C1=O. The molecule has 51 heavy (non-hydrogen) atoms. The van der Waals surface area contributed by atoms with Crippen LogP contribution in [0.4, 0.5) is 16.2 Å². The van der Waals surface area contributed by atoms with Crippen LogP contribution in [0.15, 0.2) is 95.9 Å². The molecule has 0 spiro atoms. The maximum Gasteiger partial charge on any atom is 0.338 e. The predicted octanol–water partition coefficient (Wildman–Crippen LogP) is 5.30. The van der Waals surface area contributed by atoms with Crippen molar-refractivity contribution in [3.63, 3.8) is 0 Å². The molecule has 0 atom stereocenters. The van der Waals surface area contributed by atoms with Crippen LogP contribution in [0.1, 0.15) is 67.2 Å². The van der Waals surface area contributed by atoms with Crippen molar-refractivity contribution in [2.75, 3.05) is 29.9 Å². The average molecular weight is 701 g/mol. The molecular weight excluding hydrogens is 660 g/mol. The highest BCUT2D eigenvalue weighted by Crippen LogP contribution is 2.26. The smallest absolute Gasteiger partial charge is 0.338 e. The number of amides is 6. The van der Waals surface area contributed by atoms with E-state index in [4.69, 9.17) is 0 Å². The molecule has 0 radical (unpaired) electrons. The van der Waals surface area contributed by atoms with Crippen LogP contribution in [0.3, 0.4) is 0 Å². The van der Waals surface area contributed by atoms with Crippen LogP contribution in [0, 0.1) is 0 Å². The van der Waals surface area contributed by atoms with Crippen molar-refractivity contribution in [2.24, 2.45) is 0 Å². The second-order valence-electron chi connectivity index (χ2n) is 11.4. The number of hydrogen-bond acceptors (Lipinski definition) is 9. The minimum Gasteiger partial charge on any atom is -0.494 e. The van der Waals surface area contributed by atoms with E-state index >= 15 is 0 Å². The number of nitrogens with zero attached hydrogens (tertiary/aromatic N) is 4. The van der Waals surface area contributed by atoms with Crippen molar-refractivity contribution in [1.29, 1.82) is 0 Å². The first kappa shape index (κ1) is 39.1. The van der Waals surface area contributed by atoms with E-state index in [1.54, 1.807) is 7.05 Å². The van der Waals surface area contributed by atoms with Crippen molar-refractivity contribution >= 4 is 53.0 Å². The molecule has 0 aliphatic carbocycles. The molecule has 0 saturated carbocycles. The molecule has 0 bridgehead atoms. The number of aromatic carboxylic acids is 2. The standard InChI is InChI=1S/C37H40N4O10/c1-5-7-22-38(4)31(43)29(33(45)40(24(3)42)27-18-14-25(15-19-27)35(47)48)12-10-9-11-13-30-32(44)39(23-8-6-2)37(51)41(34(30)46)28-20-16-26(17-21-28)36(49)50/h9-21,43H,5-8,22-23H2,1-4H3,(H,47,48)(H,49,50)/b11-9+,12-10+,30-13+,31-29+. The van der Waals surface area contributed by atoms with E-state index in [2.05, 4.69) is 0 Å². The summed E-state index contributed by atoms with van der Waals surface area (Å²) in [6.07, 6.45) is 9.11. The summed E-state index contributed by atoms with van der Waals surface area (Å²) in [4.78, 5) is 93.2. The second-order valence-corrected chi connectivity index (χ2v) is 11.4. The van der Waals surface area contributed by atoms with Gasteiger partial charge in [0.1, 0.15) is 11.1 Å². The van der Waals surface area contributed by atoms with E-state index in [1.807, 2.05) is 13.8 Å². The Labute approximate surface area is 294 Å². The van der Waals surface area contributed by atoms with Gasteiger partial charge in [-0.15, -0.1) is 0 Å². The van der Waals surface area contributed by atoms with Crippen LogP contribution >= 0.6 is 0 Å². The number of carboxylic acids is 2. The number of hydrogen-bond donors (Lipinski definition) is 3. The number of carbonyl (C=O) groups is 7. The maximum absolute atomic E-state index is 13.8. The Kier molecular flexibility index (Phi) is 13.7.